The minimum Gasteiger partial charge on any atom is -0.481 e. The number of hydrogen-bond acceptors (Lipinski definition) is 5. The van der Waals surface area contributed by atoms with Crippen molar-refractivity contribution in [3.63, 3.8) is 0 Å². The fourth-order valence-corrected chi connectivity index (χ4v) is 2.15. The molecular formula is C12H16FN3O3. The third kappa shape index (κ3) is 2.98. The van der Waals surface area contributed by atoms with Crippen LogP contribution < -0.4 is 4.90 Å². The van der Waals surface area contributed by atoms with Gasteiger partial charge in [0, 0.05) is 6.54 Å². The van der Waals surface area contributed by atoms with Gasteiger partial charge in [-0.05, 0) is 6.42 Å². The van der Waals surface area contributed by atoms with E-state index in [1.165, 1.54) is 6.33 Å². The molecule has 0 saturated carbocycles. The molecule has 6 nitrogen and oxygen atoms in total. The smallest absolute Gasteiger partial charge is 0.305 e. The second-order valence-electron chi connectivity index (χ2n) is 4.33. The summed E-state index contributed by atoms with van der Waals surface area (Å²) in [6, 6.07) is -0.402. The van der Waals surface area contributed by atoms with E-state index in [9.17, 15) is 9.18 Å². The van der Waals surface area contributed by atoms with Crippen molar-refractivity contribution in [1.82, 2.24) is 9.97 Å². The van der Waals surface area contributed by atoms with Gasteiger partial charge in [0.2, 0.25) is 0 Å². The van der Waals surface area contributed by atoms with Crippen LogP contribution in [0, 0.1) is 5.82 Å². The number of carboxylic acids is 1. The molecule has 104 valence electrons. The average molecular weight is 269 g/mol. The average Bonchev–Trinajstić information content (AvgIpc) is 2.39. The maximum absolute atomic E-state index is 14.2. The summed E-state index contributed by atoms with van der Waals surface area (Å²) in [5.74, 6) is -1.24. The number of halogens is 1. The second-order valence-corrected chi connectivity index (χ2v) is 4.33. The molecule has 2 heterocycles. The van der Waals surface area contributed by atoms with Gasteiger partial charge in [0.15, 0.2) is 11.6 Å². The Labute approximate surface area is 110 Å². The molecule has 19 heavy (non-hydrogen) atoms. The number of carbonyl (C=O) groups is 1. The van der Waals surface area contributed by atoms with E-state index < -0.39 is 17.8 Å². The summed E-state index contributed by atoms with van der Waals surface area (Å²) < 4.78 is 19.5. The van der Waals surface area contributed by atoms with Crippen molar-refractivity contribution < 1.29 is 19.0 Å². The first kappa shape index (κ1) is 13.7. The lowest BCUT2D eigenvalue weighted by molar-refractivity contribution is -0.138. The summed E-state index contributed by atoms with van der Waals surface area (Å²) in [5, 5.41) is 8.89. The van der Waals surface area contributed by atoms with Gasteiger partial charge in [-0.15, -0.1) is 0 Å². The predicted octanol–water partition coefficient (Wildman–Crippen LogP) is 0.858. The molecule has 0 aliphatic carbocycles. The molecule has 1 atom stereocenters. The Morgan fingerprint density at radius 2 is 2.42 bits per heavy atom. The third-order valence-electron chi connectivity index (χ3n) is 3.09. The van der Waals surface area contributed by atoms with Crippen molar-refractivity contribution in [3.8, 4) is 0 Å². The summed E-state index contributed by atoms with van der Waals surface area (Å²) in [6.07, 6.45) is 1.67. The minimum atomic E-state index is -0.939. The Balaban J connectivity index is 2.29. The Morgan fingerprint density at radius 3 is 3.11 bits per heavy atom. The van der Waals surface area contributed by atoms with Gasteiger partial charge in [0.05, 0.1) is 31.4 Å². The van der Waals surface area contributed by atoms with Crippen LogP contribution in [0.1, 0.15) is 19.0 Å². The molecule has 0 radical (unpaired) electrons. The molecule has 1 unspecified atom stereocenters. The standard InChI is InChI=1S/C12H16FN3O3/c1-2-9-11(13)12(15-7-14-9)16-3-4-19-6-8(16)5-10(17)18/h7-8H,2-6H2,1H3,(H,17,18). The normalized spacial score (nSPS) is 19.5. The van der Waals surface area contributed by atoms with Gasteiger partial charge < -0.3 is 14.7 Å². The zero-order valence-corrected chi connectivity index (χ0v) is 10.7. The summed E-state index contributed by atoms with van der Waals surface area (Å²) in [6.45, 7) is 2.93. The molecule has 2 rings (SSSR count). The van der Waals surface area contributed by atoms with Crippen molar-refractivity contribution in [3.05, 3.63) is 17.8 Å². The minimum absolute atomic E-state index is 0.106. The summed E-state index contributed by atoms with van der Waals surface area (Å²) in [7, 11) is 0. The van der Waals surface area contributed by atoms with E-state index in [-0.39, 0.29) is 18.8 Å². The van der Waals surface area contributed by atoms with Gasteiger partial charge in [0.1, 0.15) is 6.33 Å². The molecule has 1 N–H and O–H groups in total. The Morgan fingerprint density at radius 1 is 1.63 bits per heavy atom. The molecule has 1 saturated heterocycles. The summed E-state index contributed by atoms with van der Waals surface area (Å²) in [4.78, 5) is 20.3. The van der Waals surface area contributed by atoms with Crippen LogP contribution in [-0.2, 0) is 16.0 Å². The third-order valence-corrected chi connectivity index (χ3v) is 3.09. The van der Waals surface area contributed by atoms with Crippen LogP contribution in [0.15, 0.2) is 6.33 Å². The van der Waals surface area contributed by atoms with E-state index in [1.54, 1.807) is 4.90 Å². The van der Waals surface area contributed by atoms with Crippen molar-refractivity contribution >= 4 is 11.8 Å². The molecule has 7 heteroatoms. The number of rotatable bonds is 4. The van der Waals surface area contributed by atoms with Gasteiger partial charge >= 0.3 is 5.97 Å². The van der Waals surface area contributed by atoms with E-state index in [2.05, 4.69) is 9.97 Å². The lowest BCUT2D eigenvalue weighted by Gasteiger charge is -2.35. The molecule has 1 aromatic rings. The number of aryl methyl sites for hydroxylation is 1. The highest BCUT2D eigenvalue weighted by Crippen LogP contribution is 2.23. The Hall–Kier alpha value is -1.76. The molecule has 0 bridgehead atoms. The SMILES string of the molecule is CCc1ncnc(N2CCOCC2CC(=O)O)c1F. The van der Waals surface area contributed by atoms with E-state index in [0.29, 0.717) is 25.3 Å². The van der Waals surface area contributed by atoms with Crippen molar-refractivity contribution in [2.24, 2.45) is 0 Å². The first-order valence-corrected chi connectivity index (χ1v) is 6.19. The molecule has 0 amide bonds. The summed E-state index contributed by atoms with van der Waals surface area (Å²) in [5.41, 5.74) is 0.338. The Bertz CT molecular complexity index is 470. The highest BCUT2D eigenvalue weighted by atomic mass is 19.1. The lowest BCUT2D eigenvalue weighted by atomic mass is 10.1. The Kier molecular flexibility index (Phi) is 4.26. The largest absolute Gasteiger partial charge is 0.481 e. The fourth-order valence-electron chi connectivity index (χ4n) is 2.15. The highest BCUT2D eigenvalue weighted by Gasteiger charge is 2.29. The topological polar surface area (TPSA) is 75.5 Å². The first-order valence-electron chi connectivity index (χ1n) is 6.19. The van der Waals surface area contributed by atoms with Crippen LogP contribution in [0.2, 0.25) is 0 Å². The molecule has 1 aromatic heterocycles. The van der Waals surface area contributed by atoms with Gasteiger partial charge in [-0.1, -0.05) is 6.92 Å². The maximum atomic E-state index is 14.2. The molecule has 1 aliphatic rings. The molecule has 0 aromatic carbocycles. The number of hydrogen-bond donors (Lipinski definition) is 1. The lowest BCUT2D eigenvalue weighted by Crippen LogP contribution is -2.47. The van der Waals surface area contributed by atoms with E-state index in [1.807, 2.05) is 6.92 Å². The van der Waals surface area contributed by atoms with Crippen molar-refractivity contribution in [2.75, 3.05) is 24.7 Å². The monoisotopic (exact) mass is 269 g/mol. The van der Waals surface area contributed by atoms with Crippen LogP contribution in [0.25, 0.3) is 0 Å². The predicted molar refractivity (Wildman–Crippen MR) is 65.6 cm³/mol. The van der Waals surface area contributed by atoms with E-state index in [0.717, 1.165) is 0 Å². The molecule has 1 fully saturated rings. The van der Waals surface area contributed by atoms with Crippen LogP contribution in [0.3, 0.4) is 0 Å². The zero-order chi connectivity index (χ0) is 13.8. The number of ether oxygens (including phenoxy) is 1. The van der Waals surface area contributed by atoms with Crippen molar-refractivity contribution in [1.29, 1.82) is 0 Å². The van der Waals surface area contributed by atoms with Crippen LogP contribution in [-0.4, -0.2) is 46.8 Å². The quantitative estimate of drug-likeness (QED) is 0.873. The maximum Gasteiger partial charge on any atom is 0.305 e. The van der Waals surface area contributed by atoms with E-state index in [4.69, 9.17) is 9.84 Å². The number of anilines is 1. The van der Waals surface area contributed by atoms with Crippen LogP contribution >= 0.6 is 0 Å². The van der Waals surface area contributed by atoms with Crippen LogP contribution in [0.4, 0.5) is 10.2 Å². The highest BCUT2D eigenvalue weighted by molar-refractivity contribution is 5.68. The number of carboxylic acid groups (broad SMARTS) is 1. The number of nitrogens with zero attached hydrogens (tertiary/aromatic N) is 3. The number of morpholine rings is 1. The fraction of sp³-hybridized carbons (Fsp3) is 0.583. The van der Waals surface area contributed by atoms with Gasteiger partial charge in [-0.25, -0.2) is 14.4 Å². The van der Waals surface area contributed by atoms with Gasteiger partial charge in [0.25, 0.3) is 0 Å². The first-order chi connectivity index (χ1) is 9.13. The molecular weight excluding hydrogens is 253 g/mol. The number of aromatic nitrogens is 2. The van der Waals surface area contributed by atoms with Crippen molar-refractivity contribution in [2.45, 2.75) is 25.8 Å². The molecule has 0 spiro atoms. The van der Waals surface area contributed by atoms with Gasteiger partial charge in [-0.2, -0.15) is 0 Å². The zero-order valence-electron chi connectivity index (χ0n) is 10.7. The molecule has 1 aliphatic heterocycles. The van der Waals surface area contributed by atoms with Gasteiger partial charge in [-0.3, -0.25) is 4.79 Å². The summed E-state index contributed by atoms with van der Waals surface area (Å²) >= 11 is 0. The second kappa shape index (κ2) is 5.92. The number of aliphatic carboxylic acids is 1. The van der Waals surface area contributed by atoms with Crippen LogP contribution in [0.5, 0.6) is 0 Å². The van der Waals surface area contributed by atoms with E-state index >= 15 is 0 Å².